The van der Waals surface area contributed by atoms with E-state index in [0.717, 1.165) is 8.95 Å². The maximum atomic E-state index is 13.4. The first-order chi connectivity index (χ1) is 19.8. The first-order valence-electron chi connectivity index (χ1n) is 13.1. The van der Waals surface area contributed by atoms with E-state index in [4.69, 9.17) is 4.74 Å². The lowest BCUT2D eigenvalue weighted by Crippen LogP contribution is -2.49. The molecule has 1 heterocycles. The average Bonchev–Trinajstić information content (AvgIpc) is 2.98. The predicted octanol–water partition coefficient (Wildman–Crippen LogP) is 6.33. The van der Waals surface area contributed by atoms with Crippen LogP contribution in [0.2, 0.25) is 0 Å². The fourth-order valence-corrected chi connectivity index (χ4v) is 7.46. The van der Waals surface area contributed by atoms with Crippen LogP contribution in [0.5, 0.6) is 5.75 Å². The van der Waals surface area contributed by atoms with Gasteiger partial charge in [-0.25, -0.2) is 8.42 Å². The average molecular weight is 699 g/mol. The van der Waals surface area contributed by atoms with E-state index in [9.17, 15) is 13.2 Å². The van der Waals surface area contributed by atoms with Gasteiger partial charge in [0, 0.05) is 36.3 Å². The van der Waals surface area contributed by atoms with E-state index in [0.29, 0.717) is 37.6 Å². The van der Waals surface area contributed by atoms with Crippen LogP contribution in [-0.4, -0.2) is 56.3 Å². The topological polar surface area (TPSA) is 78.9 Å². The second-order valence-electron chi connectivity index (χ2n) is 9.60. The zero-order chi connectivity index (χ0) is 28.8. The van der Waals surface area contributed by atoms with E-state index in [2.05, 4.69) is 66.3 Å². The highest BCUT2D eigenvalue weighted by molar-refractivity contribution is 9.11. The van der Waals surface area contributed by atoms with E-state index in [1.54, 1.807) is 18.2 Å². The quantitative estimate of drug-likeness (QED) is 0.221. The van der Waals surface area contributed by atoms with Gasteiger partial charge >= 0.3 is 0 Å². The maximum Gasteiger partial charge on any atom is 0.262 e. The van der Waals surface area contributed by atoms with Gasteiger partial charge in [-0.3, -0.25) is 9.69 Å². The van der Waals surface area contributed by atoms with Gasteiger partial charge in [-0.05, 0) is 69.5 Å². The first kappa shape index (κ1) is 29.5. The molecule has 212 valence electrons. The number of sulfonamides is 1. The SMILES string of the molecule is O=C(COc1ccc(Br)cc1Br)Nc1ccc(S(=O)(=O)N2CCN(C(c3ccccc3)c3ccccc3)CC2)cc1. The van der Waals surface area contributed by atoms with Crippen molar-refractivity contribution >= 4 is 53.5 Å². The predicted molar refractivity (Wildman–Crippen MR) is 167 cm³/mol. The number of hydrogen-bond acceptors (Lipinski definition) is 5. The van der Waals surface area contributed by atoms with Crippen molar-refractivity contribution in [1.82, 2.24) is 9.21 Å². The molecule has 0 saturated carbocycles. The van der Waals surface area contributed by atoms with Crippen molar-refractivity contribution in [2.24, 2.45) is 0 Å². The Bertz CT molecular complexity index is 1540. The number of amides is 1. The van der Waals surface area contributed by atoms with E-state index in [1.165, 1.54) is 27.6 Å². The van der Waals surface area contributed by atoms with Crippen molar-refractivity contribution in [2.75, 3.05) is 38.1 Å². The zero-order valence-corrected chi connectivity index (χ0v) is 26.1. The Kier molecular flexibility index (Phi) is 9.57. The molecular formula is C31H29Br2N3O4S. The van der Waals surface area contributed by atoms with E-state index < -0.39 is 10.0 Å². The second kappa shape index (κ2) is 13.3. The van der Waals surface area contributed by atoms with Gasteiger partial charge in [-0.15, -0.1) is 0 Å². The number of halogens is 2. The van der Waals surface area contributed by atoms with Gasteiger partial charge in [0.25, 0.3) is 5.91 Å². The van der Waals surface area contributed by atoms with Gasteiger partial charge < -0.3 is 10.1 Å². The molecule has 1 N–H and O–H groups in total. The highest BCUT2D eigenvalue weighted by Crippen LogP contribution is 2.31. The minimum Gasteiger partial charge on any atom is -0.483 e. The van der Waals surface area contributed by atoms with Crippen LogP contribution in [0.15, 0.2) is 117 Å². The van der Waals surface area contributed by atoms with Crippen molar-refractivity contribution in [1.29, 1.82) is 0 Å². The third-order valence-electron chi connectivity index (χ3n) is 6.90. The fraction of sp³-hybridized carbons (Fsp3) is 0.194. The number of hydrogen-bond donors (Lipinski definition) is 1. The molecule has 4 aromatic rings. The fourth-order valence-electron chi connectivity index (χ4n) is 4.88. The summed E-state index contributed by atoms with van der Waals surface area (Å²) in [6, 6.07) is 32.3. The van der Waals surface area contributed by atoms with Crippen LogP contribution in [0.4, 0.5) is 5.69 Å². The molecule has 10 heteroatoms. The Hall–Kier alpha value is -3.02. The van der Waals surface area contributed by atoms with Crippen LogP contribution in [0.25, 0.3) is 0 Å². The second-order valence-corrected chi connectivity index (χ2v) is 13.3. The Labute approximate surface area is 257 Å². The largest absolute Gasteiger partial charge is 0.483 e. The number of nitrogens with one attached hydrogen (secondary N) is 1. The molecule has 0 radical (unpaired) electrons. The summed E-state index contributed by atoms with van der Waals surface area (Å²) in [6.45, 7) is 1.81. The van der Waals surface area contributed by atoms with Crippen LogP contribution in [-0.2, 0) is 14.8 Å². The lowest BCUT2D eigenvalue weighted by atomic mass is 9.96. The van der Waals surface area contributed by atoms with Crippen molar-refractivity contribution in [3.8, 4) is 5.75 Å². The standard InChI is InChI=1S/C31H29Br2N3O4S/c32-25-11-16-29(28(33)21-25)40-22-30(37)34-26-12-14-27(15-13-26)41(38,39)36-19-17-35(18-20-36)31(23-7-3-1-4-8-23)24-9-5-2-6-10-24/h1-16,21,31H,17-20,22H2,(H,34,37). The van der Waals surface area contributed by atoms with Crippen molar-refractivity contribution in [2.45, 2.75) is 10.9 Å². The number of rotatable bonds is 9. The summed E-state index contributed by atoms with van der Waals surface area (Å²) in [5.74, 6) is 0.196. The summed E-state index contributed by atoms with van der Waals surface area (Å²) in [4.78, 5) is 14.9. The van der Waals surface area contributed by atoms with Crippen molar-refractivity contribution < 1.29 is 17.9 Å². The smallest absolute Gasteiger partial charge is 0.262 e. The van der Waals surface area contributed by atoms with Gasteiger partial charge in [-0.2, -0.15) is 4.31 Å². The van der Waals surface area contributed by atoms with Crippen LogP contribution in [0.1, 0.15) is 17.2 Å². The Morgan fingerprint density at radius 2 is 1.39 bits per heavy atom. The molecule has 1 aliphatic rings. The van der Waals surface area contributed by atoms with Gasteiger partial charge in [0.2, 0.25) is 10.0 Å². The summed E-state index contributed by atoms with van der Waals surface area (Å²) < 4.78 is 35.6. The molecule has 41 heavy (non-hydrogen) atoms. The summed E-state index contributed by atoms with van der Waals surface area (Å²) in [7, 11) is -3.68. The third kappa shape index (κ3) is 7.25. The number of nitrogens with zero attached hydrogens (tertiary/aromatic N) is 2. The Balaban J connectivity index is 1.20. The maximum absolute atomic E-state index is 13.4. The molecule has 4 aromatic carbocycles. The minimum atomic E-state index is -3.68. The molecule has 7 nitrogen and oxygen atoms in total. The van der Waals surface area contributed by atoms with Crippen LogP contribution < -0.4 is 10.1 Å². The van der Waals surface area contributed by atoms with Gasteiger partial charge in [0.1, 0.15) is 5.75 Å². The molecule has 1 saturated heterocycles. The molecule has 1 aliphatic heterocycles. The highest BCUT2D eigenvalue weighted by atomic mass is 79.9. The number of anilines is 1. The number of benzene rings is 4. The summed E-state index contributed by atoms with van der Waals surface area (Å²) in [5, 5.41) is 2.75. The Morgan fingerprint density at radius 1 is 0.805 bits per heavy atom. The molecular weight excluding hydrogens is 670 g/mol. The van der Waals surface area contributed by atoms with Crippen molar-refractivity contribution in [3.63, 3.8) is 0 Å². The molecule has 0 unspecified atom stereocenters. The van der Waals surface area contributed by atoms with Crippen molar-refractivity contribution in [3.05, 3.63) is 123 Å². The minimum absolute atomic E-state index is 0.0546. The number of ether oxygens (including phenoxy) is 1. The van der Waals surface area contributed by atoms with Crippen LogP contribution in [0.3, 0.4) is 0 Å². The molecule has 0 aromatic heterocycles. The number of carbonyl (C=O) groups excluding carboxylic acids is 1. The lowest BCUT2D eigenvalue weighted by molar-refractivity contribution is -0.118. The lowest BCUT2D eigenvalue weighted by Gasteiger charge is -2.39. The third-order valence-corrected chi connectivity index (χ3v) is 9.92. The normalized spacial score (nSPS) is 14.6. The van der Waals surface area contributed by atoms with E-state index in [-0.39, 0.29) is 23.5 Å². The van der Waals surface area contributed by atoms with Gasteiger partial charge in [0.15, 0.2) is 6.61 Å². The highest BCUT2D eigenvalue weighted by Gasteiger charge is 2.32. The van der Waals surface area contributed by atoms with Gasteiger partial charge in [-0.1, -0.05) is 76.6 Å². The van der Waals surface area contributed by atoms with E-state index >= 15 is 0 Å². The summed E-state index contributed by atoms with van der Waals surface area (Å²) >= 11 is 6.78. The van der Waals surface area contributed by atoms with E-state index in [1.807, 2.05) is 48.5 Å². The Morgan fingerprint density at radius 3 is 1.95 bits per heavy atom. The zero-order valence-electron chi connectivity index (χ0n) is 22.1. The van der Waals surface area contributed by atoms with Crippen LogP contribution >= 0.6 is 31.9 Å². The van der Waals surface area contributed by atoms with Gasteiger partial charge in [0.05, 0.1) is 15.4 Å². The van der Waals surface area contributed by atoms with Crippen LogP contribution in [0, 0.1) is 0 Å². The monoisotopic (exact) mass is 697 g/mol. The summed E-state index contributed by atoms with van der Waals surface area (Å²) in [5.41, 5.74) is 2.86. The molecule has 0 atom stereocenters. The molecule has 0 spiro atoms. The molecule has 0 aliphatic carbocycles. The molecule has 1 fully saturated rings. The number of carbonyl (C=O) groups is 1. The molecule has 1 amide bonds. The summed E-state index contributed by atoms with van der Waals surface area (Å²) in [6.07, 6.45) is 0. The first-order valence-corrected chi connectivity index (χ1v) is 16.2. The molecule has 5 rings (SSSR count). The molecule has 0 bridgehead atoms. The number of piperazine rings is 1.